The Morgan fingerprint density at radius 1 is 0.538 bits per heavy atom. The predicted molar refractivity (Wildman–Crippen MR) is 175 cm³/mol. The Labute approximate surface area is 265 Å². The summed E-state index contributed by atoms with van der Waals surface area (Å²) in [5.74, 6) is -2.68. The van der Waals surface area contributed by atoms with Gasteiger partial charge in [-0.3, -0.25) is 0 Å². The number of carboxylic acid groups (broad SMARTS) is 2. The van der Waals surface area contributed by atoms with Crippen LogP contribution in [0.2, 0.25) is 8.87 Å². The summed E-state index contributed by atoms with van der Waals surface area (Å²) in [6.07, 6.45) is 21.5. The van der Waals surface area contributed by atoms with Gasteiger partial charge < -0.3 is 19.8 Å². The topological polar surface area (TPSA) is 80.3 Å². The van der Waals surface area contributed by atoms with Gasteiger partial charge in [0.2, 0.25) is 0 Å². The zero-order valence-electron chi connectivity index (χ0n) is 26.5. The zero-order valence-corrected chi connectivity index (χ0v) is 31.1. The number of hydrogen-bond acceptors (Lipinski definition) is 6. The van der Waals surface area contributed by atoms with E-state index < -0.39 is 11.9 Å². The second kappa shape index (κ2) is 34.6. The van der Waals surface area contributed by atoms with E-state index in [4.69, 9.17) is 0 Å². The molecule has 0 aliphatic carbocycles. The van der Waals surface area contributed by atoms with Crippen LogP contribution in [-0.2, 0) is 9.59 Å². The second-order valence-corrected chi connectivity index (χ2v) is 16.8. The van der Waals surface area contributed by atoms with Gasteiger partial charge in [-0.1, -0.05) is 105 Å². The fourth-order valence-electron chi connectivity index (χ4n) is 4.13. The van der Waals surface area contributed by atoms with Crippen molar-refractivity contribution >= 4 is 58.3 Å². The van der Waals surface area contributed by atoms with Crippen molar-refractivity contribution in [2.24, 2.45) is 11.8 Å². The van der Waals surface area contributed by atoms with Gasteiger partial charge in [-0.15, -0.1) is 0 Å². The van der Waals surface area contributed by atoms with E-state index in [1.807, 2.05) is 13.8 Å². The van der Waals surface area contributed by atoms with Gasteiger partial charge in [0, 0.05) is 34.3 Å². The van der Waals surface area contributed by atoms with Crippen LogP contribution in [0.15, 0.2) is 0 Å². The molecule has 0 aromatic carbocycles. The van der Waals surface area contributed by atoms with Gasteiger partial charge >= 0.3 is 69.5 Å². The molecular formula is C32H64O4S2Sn. The molecule has 0 saturated carbocycles. The summed E-state index contributed by atoms with van der Waals surface area (Å²) in [6.45, 7) is 12.6. The first kappa shape index (κ1) is 43.9. The quantitative estimate of drug-likeness (QED) is 0.0610. The fourth-order valence-corrected chi connectivity index (χ4v) is 8.83. The molecular weight excluding hydrogens is 631 g/mol. The molecule has 0 saturated heterocycles. The average molecular weight is 696 g/mol. The van der Waals surface area contributed by atoms with E-state index >= 15 is 0 Å². The molecule has 0 aliphatic heterocycles. The molecule has 4 atom stereocenters. The van der Waals surface area contributed by atoms with Gasteiger partial charge in [0.1, 0.15) is 0 Å². The number of aliphatic carboxylic acids is 2. The fraction of sp³-hybridized carbons (Fsp3) is 0.938. The minimum atomic E-state index is -0.953. The van der Waals surface area contributed by atoms with Crippen LogP contribution in [0.25, 0.3) is 0 Å². The van der Waals surface area contributed by atoms with Crippen LogP contribution >= 0.6 is 25.3 Å². The molecule has 0 fully saturated rings. The summed E-state index contributed by atoms with van der Waals surface area (Å²) in [6, 6.07) is 0. The van der Waals surface area contributed by atoms with E-state index in [1.54, 1.807) is 8.87 Å². The Kier molecular flexibility index (Phi) is 39.0. The van der Waals surface area contributed by atoms with E-state index in [9.17, 15) is 19.8 Å². The molecule has 0 heterocycles. The van der Waals surface area contributed by atoms with Crippen LogP contribution in [0, 0.1) is 11.8 Å². The van der Waals surface area contributed by atoms with Gasteiger partial charge in [-0.25, -0.2) is 0 Å². The Morgan fingerprint density at radius 2 is 0.821 bits per heavy atom. The van der Waals surface area contributed by atoms with Crippen LogP contribution in [0.5, 0.6) is 0 Å². The van der Waals surface area contributed by atoms with E-state index in [-0.39, 0.29) is 43.5 Å². The molecule has 0 aromatic rings. The zero-order chi connectivity index (χ0) is 30.3. The van der Waals surface area contributed by atoms with Crippen molar-refractivity contribution in [1.82, 2.24) is 0 Å². The molecule has 0 amide bonds. The number of carbonyl (C=O) groups is 2. The molecule has 232 valence electrons. The SMILES string of the molecule is CCCCCCCCC(C(=O)[O-])C(C)S.CCCCCCCCC(C(=O)[O-])C(C)S.CCC[CH2][Sn+2][CH2]CCC. The number of hydrogen-bond donors (Lipinski definition) is 2. The summed E-state index contributed by atoms with van der Waals surface area (Å²) in [4.78, 5) is 21.5. The predicted octanol–water partition coefficient (Wildman–Crippen LogP) is 7.97. The van der Waals surface area contributed by atoms with E-state index in [1.165, 1.54) is 77.0 Å². The molecule has 4 nitrogen and oxygen atoms in total. The number of rotatable bonds is 24. The van der Waals surface area contributed by atoms with Gasteiger partial charge in [0.15, 0.2) is 0 Å². The third-order valence-corrected chi connectivity index (χ3v) is 11.7. The summed E-state index contributed by atoms with van der Waals surface area (Å²) < 4.78 is 3.25. The average Bonchev–Trinajstić information content (AvgIpc) is 2.87. The van der Waals surface area contributed by atoms with Crippen molar-refractivity contribution in [1.29, 1.82) is 0 Å². The van der Waals surface area contributed by atoms with E-state index in [0.29, 0.717) is 12.8 Å². The standard InChI is InChI=1S/2C12H24O2S.2C4H9.Sn/c2*1-3-4-5-6-7-8-9-11(10(2)15)12(13)14;2*1-3-4-2;/h2*10-11,15H,3-9H2,1-2H3,(H,13,14);2*1,3-4H2,2H3;/q;;;;+2/p-2. The van der Waals surface area contributed by atoms with E-state index in [0.717, 1.165) is 25.7 Å². The maximum absolute atomic E-state index is 10.7. The summed E-state index contributed by atoms with van der Waals surface area (Å²) in [7, 11) is 0. The van der Waals surface area contributed by atoms with Crippen molar-refractivity contribution in [2.75, 3.05) is 0 Å². The Morgan fingerprint density at radius 3 is 1.08 bits per heavy atom. The van der Waals surface area contributed by atoms with Crippen LogP contribution in [0.1, 0.15) is 157 Å². The van der Waals surface area contributed by atoms with Crippen LogP contribution in [0.3, 0.4) is 0 Å². The first-order valence-electron chi connectivity index (χ1n) is 16.1. The van der Waals surface area contributed by atoms with Crippen molar-refractivity contribution in [3.05, 3.63) is 0 Å². The molecule has 0 rings (SSSR count). The third-order valence-electron chi connectivity index (χ3n) is 6.92. The summed E-state index contributed by atoms with van der Waals surface area (Å²) in [5.41, 5.74) is 0. The van der Waals surface area contributed by atoms with Crippen LogP contribution in [0.4, 0.5) is 0 Å². The van der Waals surface area contributed by atoms with E-state index in [2.05, 4.69) is 53.0 Å². The molecule has 0 aromatic heterocycles. The number of unbranched alkanes of at least 4 members (excludes halogenated alkanes) is 12. The number of carboxylic acids is 2. The third kappa shape index (κ3) is 34.5. The van der Waals surface area contributed by atoms with Gasteiger partial charge in [0.25, 0.3) is 0 Å². The molecule has 0 bridgehead atoms. The van der Waals surface area contributed by atoms with Crippen molar-refractivity contribution in [3.63, 3.8) is 0 Å². The molecule has 39 heavy (non-hydrogen) atoms. The normalized spacial score (nSPS) is 13.5. The summed E-state index contributed by atoms with van der Waals surface area (Å²) >= 11 is 8.49. The molecule has 4 unspecified atom stereocenters. The Balaban J connectivity index is -0.000000516. The first-order chi connectivity index (χ1) is 18.6. The van der Waals surface area contributed by atoms with Gasteiger partial charge in [-0.2, -0.15) is 25.3 Å². The summed E-state index contributed by atoms with van der Waals surface area (Å²) in [5, 5.41) is 21.3. The first-order valence-corrected chi connectivity index (χ1v) is 21.2. The molecule has 0 spiro atoms. The Bertz CT molecular complexity index is 474. The molecule has 0 N–H and O–H groups in total. The van der Waals surface area contributed by atoms with Gasteiger partial charge in [-0.05, 0) is 12.8 Å². The molecule has 0 radical (unpaired) electrons. The van der Waals surface area contributed by atoms with Gasteiger partial charge in [0.05, 0.1) is 0 Å². The van der Waals surface area contributed by atoms with Crippen LogP contribution < -0.4 is 10.2 Å². The second-order valence-electron chi connectivity index (χ2n) is 10.9. The van der Waals surface area contributed by atoms with Crippen molar-refractivity contribution < 1.29 is 19.8 Å². The monoisotopic (exact) mass is 696 g/mol. The van der Waals surface area contributed by atoms with Crippen molar-refractivity contribution in [2.45, 2.75) is 176 Å². The molecule has 7 heteroatoms. The number of carbonyl (C=O) groups excluding carboxylic acids is 2. The Hall–Kier alpha value is 0.439. The maximum atomic E-state index is 10.7. The number of thiol groups is 2. The van der Waals surface area contributed by atoms with Crippen molar-refractivity contribution in [3.8, 4) is 0 Å². The molecule has 0 aliphatic rings. The minimum absolute atomic E-state index is 0.106. The van der Waals surface area contributed by atoms with Crippen LogP contribution in [-0.4, -0.2) is 43.6 Å².